The Labute approximate surface area is 106 Å². The third-order valence-electron chi connectivity index (χ3n) is 3.46. The Morgan fingerprint density at radius 3 is 1.80 bits per heavy atom. The molecule has 1 rings (SSSR count). The molecule has 0 amide bonds. The molecule has 92 valence electrons. The molecule has 1 aliphatic rings. The van der Waals surface area contributed by atoms with Gasteiger partial charge < -0.3 is 5.32 Å². The van der Waals surface area contributed by atoms with Crippen LogP contribution in [0.25, 0.3) is 0 Å². The van der Waals surface area contributed by atoms with E-state index in [1.165, 1.54) is 39.1 Å². The van der Waals surface area contributed by atoms with Crippen LogP contribution in [-0.4, -0.2) is 28.7 Å². The molecule has 1 nitrogen and oxygen atoms in total. The predicted molar refractivity (Wildman–Crippen MR) is 77.4 cm³/mol. The van der Waals surface area contributed by atoms with Crippen LogP contribution in [-0.2, 0) is 0 Å². The van der Waals surface area contributed by atoms with Gasteiger partial charge in [0.1, 0.15) is 0 Å². The summed E-state index contributed by atoms with van der Waals surface area (Å²) in [5.74, 6) is 0. The molecule has 0 bridgehead atoms. The summed E-state index contributed by atoms with van der Waals surface area (Å²) in [6, 6.07) is 0.786. The molecule has 1 atom stereocenters. The zero-order valence-electron chi connectivity index (χ0n) is 10.9. The SMILES string of the molecule is CC1CCCCN1.C[CH2][Sn]([Br])([CH2]C)[CH2]C. The van der Waals surface area contributed by atoms with Crippen molar-refractivity contribution in [2.75, 3.05) is 6.54 Å². The topological polar surface area (TPSA) is 12.0 Å². The Morgan fingerprint density at radius 1 is 1.13 bits per heavy atom. The standard InChI is InChI=1S/C6H13N.3C2H5.BrH.Sn/c1-6-4-2-3-5-7-6;3*1-2;;/h6-7H,2-5H2,1H3;3*1H2,2H3;1H;/q;;;;;+1/p-1. The minimum atomic E-state index is -1.52. The molecule has 0 aromatic heterocycles. The summed E-state index contributed by atoms with van der Waals surface area (Å²) in [7, 11) is 0. The molecule has 1 fully saturated rings. The fourth-order valence-electron chi connectivity index (χ4n) is 1.78. The Morgan fingerprint density at radius 2 is 1.67 bits per heavy atom. The van der Waals surface area contributed by atoms with Crippen LogP contribution in [0.3, 0.4) is 0 Å². The van der Waals surface area contributed by atoms with Gasteiger partial charge in [0.25, 0.3) is 0 Å². The maximum absolute atomic E-state index is 3.89. The molecule has 15 heavy (non-hydrogen) atoms. The molecule has 1 heterocycles. The van der Waals surface area contributed by atoms with Gasteiger partial charge in [-0.2, -0.15) is 0 Å². The van der Waals surface area contributed by atoms with E-state index >= 15 is 0 Å². The molecule has 1 saturated heterocycles. The first kappa shape index (κ1) is 16.2. The molecule has 0 aromatic rings. The Kier molecular flexibility index (Phi) is 10.1. The zero-order chi connectivity index (χ0) is 11.7. The average Bonchev–Trinajstić information content (AvgIpc) is 2.30. The normalized spacial score (nSPS) is 21.8. The number of hydrogen-bond acceptors (Lipinski definition) is 1. The number of hydrogen-bond donors (Lipinski definition) is 1. The summed E-state index contributed by atoms with van der Waals surface area (Å²) in [4.78, 5) is 0. The number of piperidine rings is 1. The Bertz CT molecular complexity index is 134. The van der Waals surface area contributed by atoms with E-state index < -0.39 is 16.2 Å². The molecular weight excluding hydrogens is 357 g/mol. The molecule has 0 aliphatic carbocycles. The Balaban J connectivity index is 0.000000262. The predicted octanol–water partition coefficient (Wildman–Crippen LogP) is 4.53. The van der Waals surface area contributed by atoms with Crippen molar-refractivity contribution in [3.63, 3.8) is 0 Å². The van der Waals surface area contributed by atoms with Crippen LogP contribution in [0, 0.1) is 0 Å². The molecular formula is C12H28BrNSn. The van der Waals surface area contributed by atoms with Crippen molar-refractivity contribution in [3.05, 3.63) is 0 Å². The summed E-state index contributed by atoms with van der Waals surface area (Å²) in [6.45, 7) is 10.4. The monoisotopic (exact) mass is 385 g/mol. The van der Waals surface area contributed by atoms with Crippen molar-refractivity contribution >= 4 is 28.9 Å². The summed E-state index contributed by atoms with van der Waals surface area (Å²) in [5.41, 5.74) is 0. The van der Waals surface area contributed by atoms with E-state index in [0.29, 0.717) is 0 Å². The summed E-state index contributed by atoms with van der Waals surface area (Å²) >= 11 is 2.37. The molecule has 0 spiro atoms. The molecule has 0 radical (unpaired) electrons. The van der Waals surface area contributed by atoms with Gasteiger partial charge in [-0.15, -0.1) is 0 Å². The fourth-order valence-corrected chi connectivity index (χ4v) is 6.06. The fraction of sp³-hybridized carbons (Fsp3) is 1.00. The van der Waals surface area contributed by atoms with Gasteiger partial charge in [0.2, 0.25) is 0 Å². The molecule has 1 N–H and O–H groups in total. The second-order valence-corrected chi connectivity index (χ2v) is 28.5. The number of nitrogens with one attached hydrogen (secondary N) is 1. The van der Waals surface area contributed by atoms with Crippen LogP contribution in [0.1, 0.15) is 47.0 Å². The molecule has 1 unspecified atom stereocenters. The van der Waals surface area contributed by atoms with Crippen molar-refractivity contribution in [1.82, 2.24) is 5.32 Å². The van der Waals surface area contributed by atoms with E-state index in [2.05, 4.69) is 45.7 Å². The maximum atomic E-state index is 3.89. The molecule has 0 saturated carbocycles. The summed E-state index contributed by atoms with van der Waals surface area (Å²) < 4.78 is 4.34. The average molecular weight is 385 g/mol. The molecule has 1 aliphatic heterocycles. The van der Waals surface area contributed by atoms with Crippen LogP contribution in [0.5, 0.6) is 0 Å². The quantitative estimate of drug-likeness (QED) is 0.704. The first-order valence-corrected chi connectivity index (χ1v) is 19.0. The van der Waals surface area contributed by atoms with E-state index in [0.717, 1.165) is 6.04 Å². The van der Waals surface area contributed by atoms with Gasteiger partial charge in [0, 0.05) is 6.04 Å². The summed E-state index contributed by atoms with van der Waals surface area (Å²) in [6.07, 6.45) is 4.18. The van der Waals surface area contributed by atoms with Crippen LogP contribution in [0.2, 0.25) is 13.3 Å². The van der Waals surface area contributed by atoms with E-state index in [-0.39, 0.29) is 0 Å². The van der Waals surface area contributed by atoms with Crippen molar-refractivity contribution in [2.45, 2.75) is 66.3 Å². The van der Waals surface area contributed by atoms with Gasteiger partial charge in [-0.25, -0.2) is 0 Å². The van der Waals surface area contributed by atoms with Crippen LogP contribution < -0.4 is 5.32 Å². The van der Waals surface area contributed by atoms with Gasteiger partial charge >= 0.3 is 62.9 Å². The van der Waals surface area contributed by atoms with Crippen LogP contribution in [0.4, 0.5) is 0 Å². The van der Waals surface area contributed by atoms with E-state index in [9.17, 15) is 0 Å². The van der Waals surface area contributed by atoms with Crippen molar-refractivity contribution in [2.24, 2.45) is 0 Å². The second-order valence-electron chi connectivity index (χ2n) is 4.56. The van der Waals surface area contributed by atoms with Gasteiger partial charge in [-0.3, -0.25) is 0 Å². The number of halogens is 1. The van der Waals surface area contributed by atoms with E-state index in [4.69, 9.17) is 0 Å². The van der Waals surface area contributed by atoms with Gasteiger partial charge in [-0.1, -0.05) is 6.42 Å². The first-order valence-electron chi connectivity index (χ1n) is 6.50. The first-order chi connectivity index (χ1) is 7.08. The third kappa shape index (κ3) is 8.03. The van der Waals surface area contributed by atoms with E-state index in [1.807, 2.05) is 0 Å². The molecule has 3 heteroatoms. The van der Waals surface area contributed by atoms with E-state index in [1.54, 1.807) is 0 Å². The third-order valence-corrected chi connectivity index (χ3v) is 25.6. The Hall–Kier alpha value is 1.24. The van der Waals surface area contributed by atoms with Crippen molar-refractivity contribution in [3.8, 4) is 0 Å². The number of rotatable bonds is 3. The second kappa shape index (κ2) is 9.29. The van der Waals surface area contributed by atoms with Crippen LogP contribution >= 0.6 is 12.7 Å². The van der Waals surface area contributed by atoms with Gasteiger partial charge in [0.05, 0.1) is 0 Å². The minimum absolute atomic E-state index is 0.786. The van der Waals surface area contributed by atoms with Crippen LogP contribution in [0.15, 0.2) is 0 Å². The van der Waals surface area contributed by atoms with Gasteiger partial charge in [0.15, 0.2) is 0 Å². The summed E-state index contributed by atoms with van der Waals surface area (Å²) in [5, 5.41) is 3.38. The molecule has 0 aromatic carbocycles. The van der Waals surface area contributed by atoms with Crippen molar-refractivity contribution in [1.29, 1.82) is 0 Å². The van der Waals surface area contributed by atoms with Gasteiger partial charge in [-0.05, 0) is 26.3 Å². The zero-order valence-corrected chi connectivity index (χ0v) is 15.3. The van der Waals surface area contributed by atoms with Crippen molar-refractivity contribution < 1.29 is 0 Å².